The molecule has 0 aliphatic heterocycles. The lowest BCUT2D eigenvalue weighted by Crippen LogP contribution is -2.37. The fourth-order valence-electron chi connectivity index (χ4n) is 4.39. The van der Waals surface area contributed by atoms with Crippen LogP contribution in [-0.2, 0) is 10.2 Å². The first-order chi connectivity index (χ1) is 15.2. The summed E-state index contributed by atoms with van der Waals surface area (Å²) < 4.78 is 39.9. The zero-order chi connectivity index (χ0) is 23.4. The van der Waals surface area contributed by atoms with E-state index in [1.807, 2.05) is 12.1 Å². The van der Waals surface area contributed by atoms with Crippen LogP contribution in [0.15, 0.2) is 48.5 Å². The van der Waals surface area contributed by atoms with Crippen LogP contribution in [0.3, 0.4) is 0 Å². The van der Waals surface area contributed by atoms with E-state index in [4.69, 9.17) is 11.5 Å². The molecule has 1 saturated carbocycles. The second kappa shape index (κ2) is 9.47. The maximum Gasteiger partial charge on any atom is 0.391 e. The molecular formula is C25H24F3NO3. The number of halogens is 3. The van der Waals surface area contributed by atoms with Crippen molar-refractivity contribution >= 4 is 11.9 Å². The van der Waals surface area contributed by atoms with Crippen molar-refractivity contribution < 1.29 is 27.9 Å². The largest absolute Gasteiger partial charge is 0.481 e. The van der Waals surface area contributed by atoms with Crippen molar-refractivity contribution in [1.29, 1.82) is 0 Å². The van der Waals surface area contributed by atoms with Crippen LogP contribution in [0.25, 0.3) is 0 Å². The Morgan fingerprint density at radius 1 is 1.03 bits per heavy atom. The standard InChI is InChI=1S/C25H24F3NO3/c1-2-17-3-7-19(8-4-17)24(14-11-21(12-15-24)25(26,27)28)20-9-5-18(6-10-20)23(32)29-16-13-22(30)31/h1,3-10,21H,11-16H2,(H,29,32)(H,30,31). The molecule has 0 heterocycles. The fraction of sp³-hybridized carbons (Fsp3) is 0.360. The van der Waals surface area contributed by atoms with Gasteiger partial charge in [0.15, 0.2) is 0 Å². The van der Waals surface area contributed by atoms with Gasteiger partial charge in [-0.3, -0.25) is 9.59 Å². The summed E-state index contributed by atoms with van der Waals surface area (Å²) in [7, 11) is 0. The third-order valence-corrected chi connectivity index (χ3v) is 6.23. The molecule has 7 heteroatoms. The molecular weight excluding hydrogens is 419 g/mol. The molecule has 2 aromatic rings. The van der Waals surface area contributed by atoms with Crippen LogP contribution < -0.4 is 5.32 Å². The Hall–Kier alpha value is -3.27. The number of nitrogens with one attached hydrogen (secondary N) is 1. The predicted octanol–water partition coefficient (Wildman–Crippen LogP) is 4.91. The smallest absolute Gasteiger partial charge is 0.391 e. The van der Waals surface area contributed by atoms with Crippen molar-refractivity contribution in [2.45, 2.75) is 43.7 Å². The van der Waals surface area contributed by atoms with E-state index in [1.165, 1.54) is 0 Å². The lowest BCUT2D eigenvalue weighted by Gasteiger charge is -2.42. The quantitative estimate of drug-likeness (QED) is 0.624. The van der Waals surface area contributed by atoms with Crippen molar-refractivity contribution in [3.05, 3.63) is 70.8 Å². The van der Waals surface area contributed by atoms with Crippen LogP contribution in [0.1, 0.15) is 59.2 Å². The second-order valence-electron chi connectivity index (χ2n) is 8.10. The molecule has 0 aromatic heterocycles. The molecule has 0 spiro atoms. The molecule has 1 fully saturated rings. The molecule has 1 aliphatic carbocycles. The number of carbonyl (C=O) groups is 2. The fourth-order valence-corrected chi connectivity index (χ4v) is 4.39. The zero-order valence-corrected chi connectivity index (χ0v) is 17.4. The molecule has 168 valence electrons. The normalized spacial score (nSPS) is 20.9. The molecule has 0 radical (unpaired) electrons. The topological polar surface area (TPSA) is 66.4 Å². The average molecular weight is 443 g/mol. The van der Waals surface area contributed by atoms with Crippen molar-refractivity contribution in [3.63, 3.8) is 0 Å². The summed E-state index contributed by atoms with van der Waals surface area (Å²) >= 11 is 0. The number of aliphatic carboxylic acids is 1. The number of rotatable bonds is 6. The van der Waals surface area contributed by atoms with Gasteiger partial charge in [-0.25, -0.2) is 0 Å². The van der Waals surface area contributed by atoms with E-state index < -0.39 is 29.4 Å². The Morgan fingerprint density at radius 3 is 2.03 bits per heavy atom. The highest BCUT2D eigenvalue weighted by molar-refractivity contribution is 5.94. The highest BCUT2D eigenvalue weighted by Crippen LogP contribution is 2.50. The third kappa shape index (κ3) is 5.13. The Labute approximate surface area is 184 Å². The minimum absolute atomic E-state index is 0.0141. The summed E-state index contributed by atoms with van der Waals surface area (Å²) in [5, 5.41) is 11.2. The van der Waals surface area contributed by atoms with Crippen LogP contribution in [-0.4, -0.2) is 29.7 Å². The number of benzene rings is 2. The minimum atomic E-state index is -4.21. The van der Waals surface area contributed by atoms with Crippen LogP contribution in [0, 0.1) is 18.3 Å². The Bertz CT molecular complexity index is 997. The number of carboxylic acids is 1. The molecule has 0 bridgehead atoms. The van der Waals surface area contributed by atoms with E-state index in [2.05, 4.69) is 11.2 Å². The van der Waals surface area contributed by atoms with Crippen molar-refractivity contribution in [1.82, 2.24) is 5.32 Å². The van der Waals surface area contributed by atoms with Gasteiger partial charge in [-0.1, -0.05) is 30.2 Å². The van der Waals surface area contributed by atoms with E-state index in [0.717, 1.165) is 11.1 Å². The monoisotopic (exact) mass is 443 g/mol. The van der Waals surface area contributed by atoms with E-state index >= 15 is 0 Å². The molecule has 32 heavy (non-hydrogen) atoms. The number of terminal acetylenes is 1. The summed E-state index contributed by atoms with van der Waals surface area (Å²) in [5.41, 5.74) is 2.19. The van der Waals surface area contributed by atoms with Crippen molar-refractivity contribution in [3.8, 4) is 12.3 Å². The second-order valence-corrected chi connectivity index (χ2v) is 8.10. The van der Waals surface area contributed by atoms with Gasteiger partial charge in [0, 0.05) is 23.1 Å². The predicted molar refractivity (Wildman–Crippen MR) is 114 cm³/mol. The first kappa shape index (κ1) is 23.4. The molecule has 2 N–H and O–H groups in total. The lowest BCUT2D eigenvalue weighted by molar-refractivity contribution is -0.184. The van der Waals surface area contributed by atoms with Gasteiger partial charge >= 0.3 is 12.1 Å². The average Bonchev–Trinajstić information content (AvgIpc) is 2.78. The molecule has 1 aliphatic rings. The van der Waals surface area contributed by atoms with Gasteiger partial charge in [-0.15, -0.1) is 6.42 Å². The molecule has 2 aromatic carbocycles. The number of carbonyl (C=O) groups excluding carboxylic acids is 1. The Balaban J connectivity index is 1.88. The molecule has 0 unspecified atom stereocenters. The third-order valence-electron chi connectivity index (χ3n) is 6.23. The van der Waals surface area contributed by atoms with E-state index in [9.17, 15) is 22.8 Å². The van der Waals surface area contributed by atoms with E-state index in [1.54, 1.807) is 36.4 Å². The van der Waals surface area contributed by atoms with Crippen LogP contribution in [0.2, 0.25) is 0 Å². The Morgan fingerprint density at radius 2 is 1.56 bits per heavy atom. The van der Waals surface area contributed by atoms with Gasteiger partial charge in [0.2, 0.25) is 0 Å². The number of amides is 1. The number of hydrogen-bond donors (Lipinski definition) is 2. The van der Waals surface area contributed by atoms with Crippen LogP contribution in [0.5, 0.6) is 0 Å². The number of alkyl halides is 3. The highest BCUT2D eigenvalue weighted by Gasteiger charge is 2.47. The lowest BCUT2D eigenvalue weighted by atomic mass is 9.63. The van der Waals surface area contributed by atoms with Crippen LogP contribution in [0.4, 0.5) is 13.2 Å². The summed E-state index contributed by atoms with van der Waals surface area (Å²) in [5.74, 6) is -0.173. The van der Waals surface area contributed by atoms with Crippen molar-refractivity contribution in [2.24, 2.45) is 5.92 Å². The SMILES string of the molecule is C#Cc1ccc(C2(c3ccc(C(=O)NCCC(=O)O)cc3)CCC(C(F)(F)F)CC2)cc1. The summed E-state index contributed by atoms with van der Waals surface area (Å²) in [6.45, 7) is 0.0141. The van der Waals surface area contributed by atoms with Gasteiger partial charge in [0.25, 0.3) is 5.91 Å². The highest BCUT2D eigenvalue weighted by atomic mass is 19.4. The first-order valence-electron chi connectivity index (χ1n) is 10.4. The zero-order valence-electron chi connectivity index (χ0n) is 17.4. The Kier molecular flexibility index (Phi) is 6.93. The first-order valence-corrected chi connectivity index (χ1v) is 10.4. The number of carboxylic acid groups (broad SMARTS) is 1. The number of hydrogen-bond acceptors (Lipinski definition) is 2. The molecule has 3 rings (SSSR count). The van der Waals surface area contributed by atoms with Gasteiger partial charge in [-0.2, -0.15) is 13.2 Å². The van der Waals surface area contributed by atoms with Gasteiger partial charge in [0.1, 0.15) is 0 Å². The van der Waals surface area contributed by atoms with E-state index in [0.29, 0.717) is 24.0 Å². The molecule has 0 atom stereocenters. The summed E-state index contributed by atoms with van der Waals surface area (Å²) in [4.78, 5) is 22.8. The van der Waals surface area contributed by atoms with E-state index in [-0.39, 0.29) is 25.8 Å². The molecule has 4 nitrogen and oxygen atoms in total. The summed E-state index contributed by atoms with van der Waals surface area (Å²) in [6.07, 6.45) is 1.76. The summed E-state index contributed by atoms with van der Waals surface area (Å²) in [6, 6.07) is 14.1. The molecule has 1 amide bonds. The molecule has 0 saturated heterocycles. The minimum Gasteiger partial charge on any atom is -0.481 e. The maximum atomic E-state index is 13.3. The maximum absolute atomic E-state index is 13.3. The van der Waals surface area contributed by atoms with Gasteiger partial charge in [0.05, 0.1) is 12.3 Å². The van der Waals surface area contributed by atoms with Gasteiger partial charge in [-0.05, 0) is 61.1 Å². The van der Waals surface area contributed by atoms with Crippen LogP contribution >= 0.6 is 0 Å². The van der Waals surface area contributed by atoms with Gasteiger partial charge < -0.3 is 10.4 Å². The van der Waals surface area contributed by atoms with Crippen molar-refractivity contribution in [2.75, 3.05) is 6.54 Å².